The van der Waals surface area contributed by atoms with Gasteiger partial charge in [-0.3, -0.25) is 24.5 Å². The third-order valence-electron chi connectivity index (χ3n) is 5.22. The summed E-state index contributed by atoms with van der Waals surface area (Å²) in [6.07, 6.45) is 0.511. The predicted molar refractivity (Wildman–Crippen MR) is 106 cm³/mol. The minimum absolute atomic E-state index is 0.205. The second kappa shape index (κ2) is 7.38. The maximum atomic E-state index is 12.8. The number of nitrogens with zero attached hydrogens (tertiary/aromatic N) is 1. The van der Waals surface area contributed by atoms with Crippen LogP contribution in [0.5, 0.6) is 0 Å². The molecule has 2 aliphatic rings. The van der Waals surface area contributed by atoms with Gasteiger partial charge >= 0.3 is 0 Å². The average Bonchev–Trinajstić information content (AvgIpc) is 3.04. The second-order valence-corrected chi connectivity index (χ2v) is 7.05. The van der Waals surface area contributed by atoms with Gasteiger partial charge in [0.05, 0.1) is 0 Å². The fourth-order valence-corrected chi connectivity index (χ4v) is 3.62. The van der Waals surface area contributed by atoms with E-state index in [2.05, 4.69) is 16.0 Å². The minimum Gasteiger partial charge on any atom is -0.388 e. The molecule has 1 unspecified atom stereocenters. The lowest BCUT2D eigenvalue weighted by Gasteiger charge is -2.29. The molecule has 0 bridgehead atoms. The van der Waals surface area contributed by atoms with Gasteiger partial charge in [-0.1, -0.05) is 6.07 Å². The van der Waals surface area contributed by atoms with Gasteiger partial charge in [-0.05, 0) is 48.4 Å². The van der Waals surface area contributed by atoms with Gasteiger partial charge in [-0.25, -0.2) is 0 Å². The molecule has 0 radical (unpaired) electrons. The Hall–Kier alpha value is -3.68. The molecule has 1 fully saturated rings. The summed E-state index contributed by atoms with van der Waals surface area (Å²) in [7, 11) is 1.81. The van der Waals surface area contributed by atoms with Gasteiger partial charge in [0.25, 0.3) is 11.8 Å². The van der Waals surface area contributed by atoms with E-state index in [0.29, 0.717) is 23.2 Å². The van der Waals surface area contributed by atoms with Crippen LogP contribution in [0.4, 0.5) is 11.4 Å². The van der Waals surface area contributed by atoms with Gasteiger partial charge in [-0.2, -0.15) is 0 Å². The Morgan fingerprint density at radius 1 is 1.07 bits per heavy atom. The van der Waals surface area contributed by atoms with Crippen molar-refractivity contribution in [3.05, 3.63) is 59.2 Å². The quantitative estimate of drug-likeness (QED) is 0.687. The summed E-state index contributed by atoms with van der Waals surface area (Å²) in [6, 6.07) is 11.5. The first-order valence-corrected chi connectivity index (χ1v) is 9.33. The first-order chi connectivity index (χ1) is 14.0. The molecule has 0 saturated carbocycles. The van der Waals surface area contributed by atoms with Crippen molar-refractivity contribution in [1.82, 2.24) is 10.2 Å². The third kappa shape index (κ3) is 3.56. The molecule has 8 nitrogen and oxygen atoms in total. The molecule has 0 aromatic heterocycles. The van der Waals surface area contributed by atoms with E-state index in [0.717, 1.165) is 11.3 Å². The van der Waals surface area contributed by atoms with Crippen LogP contribution >= 0.6 is 0 Å². The van der Waals surface area contributed by atoms with Crippen molar-refractivity contribution >= 4 is 35.0 Å². The van der Waals surface area contributed by atoms with E-state index in [9.17, 15) is 19.2 Å². The number of fused-ring (bicyclic) bond motifs is 1. The SMILES string of the molecule is CNc1ccc(NC(=O)c2ccc3c(c2)C(=O)N(C2CCC(=O)NC2=O)C3)cc1. The Morgan fingerprint density at radius 2 is 1.79 bits per heavy atom. The van der Waals surface area contributed by atoms with Crippen LogP contribution < -0.4 is 16.0 Å². The van der Waals surface area contributed by atoms with E-state index >= 15 is 0 Å². The fraction of sp³-hybridized carbons (Fsp3) is 0.238. The summed E-state index contributed by atoms with van der Waals surface area (Å²) in [5.41, 5.74) is 3.10. The molecule has 0 aliphatic carbocycles. The highest BCUT2D eigenvalue weighted by molar-refractivity contribution is 6.08. The summed E-state index contributed by atoms with van der Waals surface area (Å²) in [6.45, 7) is 0.286. The number of nitrogens with one attached hydrogen (secondary N) is 3. The van der Waals surface area contributed by atoms with Crippen molar-refractivity contribution in [3.8, 4) is 0 Å². The maximum absolute atomic E-state index is 12.8. The number of carbonyl (C=O) groups is 4. The average molecular weight is 392 g/mol. The molecule has 3 N–H and O–H groups in total. The smallest absolute Gasteiger partial charge is 0.255 e. The molecule has 2 aliphatic heterocycles. The zero-order valence-corrected chi connectivity index (χ0v) is 15.8. The van der Waals surface area contributed by atoms with Gasteiger partial charge in [-0.15, -0.1) is 0 Å². The van der Waals surface area contributed by atoms with Crippen LogP contribution in [0.1, 0.15) is 39.1 Å². The van der Waals surface area contributed by atoms with E-state index in [-0.39, 0.29) is 30.7 Å². The lowest BCUT2D eigenvalue weighted by atomic mass is 10.0. The number of benzene rings is 2. The standard InChI is InChI=1S/C21H20N4O4/c1-22-14-4-6-15(7-5-14)23-19(27)12-2-3-13-11-25(21(29)16(13)10-12)17-8-9-18(26)24-20(17)28/h2-7,10,17,22H,8-9,11H2,1H3,(H,23,27)(H,24,26,28). The van der Waals surface area contributed by atoms with Crippen molar-refractivity contribution in [3.63, 3.8) is 0 Å². The van der Waals surface area contributed by atoms with Crippen LogP contribution in [0.15, 0.2) is 42.5 Å². The molecule has 148 valence electrons. The van der Waals surface area contributed by atoms with Gasteiger partial charge in [0.1, 0.15) is 6.04 Å². The number of carbonyl (C=O) groups excluding carboxylic acids is 4. The molecule has 1 atom stereocenters. The number of hydrogen-bond acceptors (Lipinski definition) is 5. The minimum atomic E-state index is -0.671. The Balaban J connectivity index is 1.50. The summed E-state index contributed by atoms with van der Waals surface area (Å²) >= 11 is 0. The molecule has 2 heterocycles. The van der Waals surface area contributed by atoms with Crippen LogP contribution in [0.3, 0.4) is 0 Å². The van der Waals surface area contributed by atoms with Crippen molar-refractivity contribution in [1.29, 1.82) is 0 Å². The largest absolute Gasteiger partial charge is 0.388 e. The fourth-order valence-electron chi connectivity index (χ4n) is 3.62. The number of piperidine rings is 1. The molecular weight excluding hydrogens is 372 g/mol. The lowest BCUT2D eigenvalue weighted by molar-refractivity contribution is -0.136. The predicted octanol–water partition coefficient (Wildman–Crippen LogP) is 1.74. The lowest BCUT2D eigenvalue weighted by Crippen LogP contribution is -2.52. The van der Waals surface area contributed by atoms with Gasteiger partial charge in [0, 0.05) is 42.5 Å². The maximum Gasteiger partial charge on any atom is 0.255 e. The molecule has 0 spiro atoms. The Morgan fingerprint density at radius 3 is 2.48 bits per heavy atom. The van der Waals surface area contributed by atoms with Crippen LogP contribution in [-0.2, 0) is 16.1 Å². The van der Waals surface area contributed by atoms with Crippen molar-refractivity contribution in [2.75, 3.05) is 17.7 Å². The van der Waals surface area contributed by atoms with Gasteiger partial charge in [0.2, 0.25) is 11.8 Å². The molecule has 1 saturated heterocycles. The molecule has 4 amide bonds. The highest BCUT2D eigenvalue weighted by atomic mass is 16.2. The summed E-state index contributed by atoms with van der Waals surface area (Å²) in [5, 5.41) is 8.09. The molecule has 29 heavy (non-hydrogen) atoms. The number of hydrogen-bond donors (Lipinski definition) is 3. The first kappa shape index (κ1) is 18.7. The van der Waals surface area contributed by atoms with E-state index in [1.54, 1.807) is 30.3 Å². The van der Waals surface area contributed by atoms with Gasteiger partial charge < -0.3 is 15.5 Å². The number of imide groups is 1. The number of rotatable bonds is 4. The second-order valence-electron chi connectivity index (χ2n) is 7.05. The number of amides is 4. The van der Waals surface area contributed by atoms with Crippen molar-refractivity contribution in [2.24, 2.45) is 0 Å². The monoisotopic (exact) mass is 392 g/mol. The van der Waals surface area contributed by atoms with E-state index in [4.69, 9.17) is 0 Å². The topological polar surface area (TPSA) is 108 Å². The summed E-state index contributed by atoms with van der Waals surface area (Å²) < 4.78 is 0. The molecule has 2 aromatic carbocycles. The highest BCUT2D eigenvalue weighted by Crippen LogP contribution is 2.28. The first-order valence-electron chi connectivity index (χ1n) is 9.33. The van der Waals surface area contributed by atoms with E-state index in [1.807, 2.05) is 19.2 Å². The Kier molecular flexibility index (Phi) is 4.75. The van der Waals surface area contributed by atoms with Crippen LogP contribution in [0.2, 0.25) is 0 Å². The zero-order valence-electron chi connectivity index (χ0n) is 15.8. The Labute approximate surface area is 167 Å². The molecular formula is C21H20N4O4. The highest BCUT2D eigenvalue weighted by Gasteiger charge is 2.39. The van der Waals surface area contributed by atoms with E-state index < -0.39 is 11.9 Å². The van der Waals surface area contributed by atoms with Crippen molar-refractivity contribution in [2.45, 2.75) is 25.4 Å². The normalized spacial score (nSPS) is 18.3. The van der Waals surface area contributed by atoms with Crippen LogP contribution in [0.25, 0.3) is 0 Å². The van der Waals surface area contributed by atoms with Crippen molar-refractivity contribution < 1.29 is 19.2 Å². The molecule has 4 rings (SSSR count). The molecule has 8 heteroatoms. The van der Waals surface area contributed by atoms with Crippen LogP contribution in [0, 0.1) is 0 Å². The number of anilines is 2. The third-order valence-corrected chi connectivity index (χ3v) is 5.22. The van der Waals surface area contributed by atoms with Gasteiger partial charge in [0.15, 0.2) is 0 Å². The van der Waals surface area contributed by atoms with Crippen LogP contribution in [-0.4, -0.2) is 41.6 Å². The summed E-state index contributed by atoms with van der Waals surface area (Å²) in [4.78, 5) is 50.4. The zero-order chi connectivity index (χ0) is 20.5. The Bertz CT molecular complexity index is 1020. The van der Waals surface area contributed by atoms with E-state index in [1.165, 1.54) is 4.90 Å². The summed E-state index contributed by atoms with van der Waals surface area (Å²) in [5.74, 6) is -1.40. The molecule has 2 aromatic rings.